The lowest BCUT2D eigenvalue weighted by atomic mass is 10.1. The fraction of sp³-hybridized carbons (Fsp3) is 0.263. The second-order valence-corrected chi connectivity index (χ2v) is 8.74. The van der Waals surface area contributed by atoms with Gasteiger partial charge in [0.15, 0.2) is 5.13 Å². The van der Waals surface area contributed by atoms with Crippen LogP contribution in [-0.4, -0.2) is 28.9 Å². The minimum Gasteiger partial charge on any atom is -0.477 e. The van der Waals surface area contributed by atoms with Crippen molar-refractivity contribution in [2.75, 3.05) is 18.1 Å². The van der Waals surface area contributed by atoms with Crippen molar-refractivity contribution in [1.82, 2.24) is 4.98 Å². The number of thiazole rings is 1. The molecule has 0 aliphatic carbocycles. The number of nitrogens with one attached hydrogen (secondary N) is 1. The van der Waals surface area contributed by atoms with Crippen LogP contribution in [0, 0.1) is 6.92 Å². The first kappa shape index (κ1) is 18.9. The smallest absolute Gasteiger partial charge is 0.346 e. The van der Waals surface area contributed by atoms with Gasteiger partial charge in [0.25, 0.3) is 0 Å². The molecule has 0 saturated carbocycles. The predicted molar refractivity (Wildman–Crippen MR) is 112 cm³/mol. The van der Waals surface area contributed by atoms with Gasteiger partial charge in [-0.3, -0.25) is 0 Å². The molecular weight excluding hydrogens is 384 g/mol. The molecule has 0 saturated heterocycles. The van der Waals surface area contributed by atoms with E-state index >= 15 is 0 Å². The molecule has 26 heavy (non-hydrogen) atoms. The van der Waals surface area contributed by atoms with Crippen LogP contribution >= 0.6 is 34.4 Å². The van der Waals surface area contributed by atoms with Crippen molar-refractivity contribution in [3.8, 4) is 11.3 Å². The van der Waals surface area contributed by atoms with Crippen LogP contribution in [0.5, 0.6) is 0 Å². The number of carboxylic acids is 1. The summed E-state index contributed by atoms with van der Waals surface area (Å²) in [4.78, 5) is 16.5. The Balaban J connectivity index is 1.65. The lowest BCUT2D eigenvalue weighted by Crippen LogP contribution is -2.02. The van der Waals surface area contributed by atoms with Gasteiger partial charge in [-0.2, -0.15) is 0 Å². The molecule has 7 heteroatoms. The topological polar surface area (TPSA) is 62.2 Å². The van der Waals surface area contributed by atoms with Crippen LogP contribution in [-0.2, 0) is 6.42 Å². The molecule has 2 aromatic heterocycles. The molecule has 0 spiro atoms. The van der Waals surface area contributed by atoms with Crippen molar-refractivity contribution < 1.29 is 9.90 Å². The zero-order valence-electron chi connectivity index (χ0n) is 14.6. The maximum Gasteiger partial charge on any atom is 0.346 e. The van der Waals surface area contributed by atoms with Crippen LogP contribution in [0.3, 0.4) is 0 Å². The van der Waals surface area contributed by atoms with E-state index in [1.807, 2.05) is 24.6 Å². The van der Waals surface area contributed by atoms with E-state index in [0.29, 0.717) is 4.88 Å². The molecule has 2 heterocycles. The summed E-state index contributed by atoms with van der Waals surface area (Å²) < 4.78 is 1.00. The van der Waals surface area contributed by atoms with E-state index in [0.717, 1.165) is 45.5 Å². The van der Waals surface area contributed by atoms with E-state index in [9.17, 15) is 9.90 Å². The first-order chi connectivity index (χ1) is 12.6. The average Bonchev–Trinajstić information content (AvgIpc) is 3.23. The molecule has 136 valence electrons. The minimum atomic E-state index is -0.872. The van der Waals surface area contributed by atoms with E-state index in [2.05, 4.69) is 34.6 Å². The predicted octanol–water partition coefficient (Wildman–Crippen LogP) is 5.64. The number of anilines is 1. The van der Waals surface area contributed by atoms with Gasteiger partial charge in [-0.25, -0.2) is 9.78 Å². The highest BCUT2D eigenvalue weighted by atomic mass is 32.2. The number of rotatable bonds is 8. The summed E-state index contributed by atoms with van der Waals surface area (Å²) >= 11 is 4.46. The van der Waals surface area contributed by atoms with Crippen LogP contribution in [0.15, 0.2) is 39.9 Å². The van der Waals surface area contributed by atoms with Crippen molar-refractivity contribution >= 4 is 45.5 Å². The quantitative estimate of drug-likeness (QED) is 0.375. The summed E-state index contributed by atoms with van der Waals surface area (Å²) in [5.74, 6) is -0.872. The van der Waals surface area contributed by atoms with E-state index in [1.165, 1.54) is 16.9 Å². The fourth-order valence-electron chi connectivity index (χ4n) is 2.73. The fourth-order valence-corrected chi connectivity index (χ4v) is 5.40. The number of thioether (sulfide) groups is 1. The number of hydrogen-bond acceptors (Lipinski definition) is 6. The van der Waals surface area contributed by atoms with E-state index in [-0.39, 0.29) is 0 Å². The summed E-state index contributed by atoms with van der Waals surface area (Å²) in [5.41, 5.74) is 3.95. The zero-order valence-corrected chi connectivity index (χ0v) is 17.1. The van der Waals surface area contributed by atoms with Crippen molar-refractivity contribution in [3.63, 3.8) is 0 Å². The summed E-state index contributed by atoms with van der Waals surface area (Å²) in [6, 6.07) is 10.4. The zero-order chi connectivity index (χ0) is 18.5. The van der Waals surface area contributed by atoms with Crippen molar-refractivity contribution in [2.24, 2.45) is 0 Å². The molecule has 0 aliphatic heterocycles. The van der Waals surface area contributed by atoms with E-state index < -0.39 is 5.97 Å². The summed E-state index contributed by atoms with van der Waals surface area (Å²) in [6.07, 6.45) is 4.04. The third-order valence-corrected chi connectivity index (χ3v) is 7.22. The second kappa shape index (κ2) is 8.70. The van der Waals surface area contributed by atoms with Crippen LogP contribution in [0.25, 0.3) is 11.3 Å². The van der Waals surface area contributed by atoms with Gasteiger partial charge in [0, 0.05) is 17.5 Å². The maximum atomic E-state index is 11.4. The standard InChI is InChI=1S/C19H20N2O2S3/c1-12-15(18(24-2)26-16(12)17(22)23)14-11-25-19(21-14)20-10-6-9-13-7-4-3-5-8-13/h3-5,7-8,11H,6,9-10H2,1-2H3,(H,20,21)(H,22,23). The Kier molecular flexibility index (Phi) is 6.34. The Morgan fingerprint density at radius 2 is 2.08 bits per heavy atom. The van der Waals surface area contributed by atoms with Gasteiger partial charge in [0.2, 0.25) is 0 Å². The van der Waals surface area contributed by atoms with E-state index in [4.69, 9.17) is 0 Å². The number of carbonyl (C=O) groups is 1. The molecule has 0 radical (unpaired) electrons. The minimum absolute atomic E-state index is 0.398. The van der Waals surface area contributed by atoms with Gasteiger partial charge in [0.1, 0.15) is 4.88 Å². The number of nitrogens with zero attached hydrogens (tertiary/aromatic N) is 1. The lowest BCUT2D eigenvalue weighted by molar-refractivity contribution is 0.0701. The van der Waals surface area contributed by atoms with E-state index in [1.54, 1.807) is 23.1 Å². The molecule has 4 nitrogen and oxygen atoms in total. The molecule has 1 aromatic carbocycles. The average molecular weight is 405 g/mol. The number of aromatic nitrogens is 1. The first-order valence-corrected chi connectivity index (χ1v) is 11.2. The molecule has 0 bridgehead atoms. The van der Waals surface area contributed by atoms with Crippen LogP contribution < -0.4 is 5.32 Å². The molecule has 3 rings (SSSR count). The van der Waals surface area contributed by atoms with Crippen LogP contribution in [0.4, 0.5) is 5.13 Å². The van der Waals surface area contributed by atoms with Gasteiger partial charge in [0.05, 0.1) is 9.90 Å². The lowest BCUT2D eigenvalue weighted by Gasteiger charge is -2.03. The molecular formula is C19H20N2O2S3. The number of aromatic carboxylic acids is 1. The Morgan fingerprint density at radius 3 is 2.77 bits per heavy atom. The largest absolute Gasteiger partial charge is 0.477 e. The van der Waals surface area contributed by atoms with Crippen molar-refractivity contribution in [2.45, 2.75) is 24.0 Å². The molecule has 3 aromatic rings. The number of aryl methyl sites for hydroxylation is 1. The second-order valence-electron chi connectivity index (χ2n) is 5.78. The van der Waals surface area contributed by atoms with Gasteiger partial charge < -0.3 is 10.4 Å². The molecule has 0 aliphatic rings. The molecule has 2 N–H and O–H groups in total. The summed E-state index contributed by atoms with van der Waals surface area (Å²) in [5, 5.41) is 15.6. The highest BCUT2D eigenvalue weighted by Crippen LogP contribution is 2.42. The number of hydrogen-bond donors (Lipinski definition) is 2. The maximum absolute atomic E-state index is 11.4. The van der Waals surface area contributed by atoms with Crippen molar-refractivity contribution in [1.29, 1.82) is 0 Å². The third-order valence-electron chi connectivity index (χ3n) is 4.02. The normalized spacial score (nSPS) is 10.8. The third kappa shape index (κ3) is 4.28. The number of benzene rings is 1. The molecule has 0 unspecified atom stereocenters. The number of carboxylic acid groups (broad SMARTS) is 1. The Hall–Kier alpha value is -1.83. The highest BCUT2D eigenvalue weighted by Gasteiger charge is 2.22. The molecule has 0 amide bonds. The van der Waals surface area contributed by atoms with Crippen molar-refractivity contribution in [3.05, 3.63) is 51.7 Å². The van der Waals surface area contributed by atoms with Gasteiger partial charge >= 0.3 is 5.97 Å². The van der Waals surface area contributed by atoms with Crippen LogP contribution in [0.2, 0.25) is 0 Å². The van der Waals surface area contributed by atoms with Crippen LogP contribution in [0.1, 0.15) is 27.2 Å². The Morgan fingerprint density at radius 1 is 1.31 bits per heavy atom. The monoisotopic (exact) mass is 404 g/mol. The molecule has 0 fully saturated rings. The Bertz CT molecular complexity index is 888. The highest BCUT2D eigenvalue weighted by molar-refractivity contribution is 8.00. The Labute approximate surface area is 165 Å². The van der Waals surface area contributed by atoms with Gasteiger partial charge in [-0.05, 0) is 37.1 Å². The van der Waals surface area contributed by atoms with Gasteiger partial charge in [-0.15, -0.1) is 34.4 Å². The SMILES string of the molecule is CSc1sc(C(=O)O)c(C)c1-c1csc(NCCCc2ccccc2)n1. The first-order valence-electron chi connectivity index (χ1n) is 8.24. The summed E-state index contributed by atoms with van der Waals surface area (Å²) in [7, 11) is 0. The summed E-state index contributed by atoms with van der Waals surface area (Å²) in [6.45, 7) is 2.72. The number of thiophene rings is 1. The molecule has 0 atom stereocenters. The van der Waals surface area contributed by atoms with Gasteiger partial charge in [-0.1, -0.05) is 30.3 Å².